The van der Waals surface area contributed by atoms with E-state index in [9.17, 15) is 19.2 Å². The van der Waals surface area contributed by atoms with Crippen molar-refractivity contribution in [3.63, 3.8) is 0 Å². The van der Waals surface area contributed by atoms with Gasteiger partial charge in [0, 0.05) is 5.92 Å². The maximum atomic E-state index is 12.8. The predicted molar refractivity (Wildman–Crippen MR) is 136 cm³/mol. The number of alkyl carbamates (subject to hydrolysis) is 2. The number of benzene rings is 2. The van der Waals surface area contributed by atoms with Gasteiger partial charge in [0.15, 0.2) is 0 Å². The number of hydrogen-bond acceptors (Lipinski definition) is 7. The highest BCUT2D eigenvalue weighted by atomic mass is 16.6. The van der Waals surface area contributed by atoms with Crippen LogP contribution in [0.15, 0.2) is 48.5 Å². The van der Waals surface area contributed by atoms with Crippen LogP contribution < -0.4 is 16.0 Å². The minimum Gasteiger partial charge on any atom is -0.467 e. The second-order valence-corrected chi connectivity index (χ2v) is 9.66. The van der Waals surface area contributed by atoms with Gasteiger partial charge in [0.1, 0.15) is 24.3 Å². The van der Waals surface area contributed by atoms with E-state index in [1.54, 1.807) is 20.8 Å². The molecule has 0 aromatic heterocycles. The van der Waals surface area contributed by atoms with Gasteiger partial charge in [-0.1, -0.05) is 48.5 Å². The third kappa shape index (κ3) is 7.22. The fourth-order valence-electron chi connectivity index (χ4n) is 4.04. The first-order chi connectivity index (χ1) is 17.5. The van der Waals surface area contributed by atoms with Gasteiger partial charge >= 0.3 is 18.2 Å². The van der Waals surface area contributed by atoms with E-state index in [1.807, 2.05) is 48.5 Å². The van der Waals surface area contributed by atoms with Crippen molar-refractivity contribution in [2.45, 2.75) is 51.3 Å². The first-order valence-corrected chi connectivity index (χ1v) is 12.0. The zero-order valence-corrected chi connectivity index (χ0v) is 21.6. The lowest BCUT2D eigenvalue weighted by molar-refractivity contribution is -0.144. The Morgan fingerprint density at radius 1 is 0.892 bits per heavy atom. The monoisotopic (exact) mass is 511 g/mol. The topological polar surface area (TPSA) is 132 Å². The molecule has 198 valence electrons. The summed E-state index contributed by atoms with van der Waals surface area (Å²) in [6, 6.07) is 13.6. The summed E-state index contributed by atoms with van der Waals surface area (Å²) < 4.78 is 15.3. The largest absolute Gasteiger partial charge is 0.467 e. The molecule has 10 nitrogen and oxygen atoms in total. The zero-order chi connectivity index (χ0) is 27.2. The van der Waals surface area contributed by atoms with Crippen molar-refractivity contribution in [3.8, 4) is 11.1 Å². The Labute approximate surface area is 216 Å². The molecular weight excluding hydrogens is 478 g/mol. The fourth-order valence-corrected chi connectivity index (χ4v) is 4.04. The number of amides is 3. The number of rotatable bonds is 8. The highest BCUT2D eigenvalue weighted by Crippen LogP contribution is 2.44. The summed E-state index contributed by atoms with van der Waals surface area (Å²) in [4.78, 5) is 49.4. The molecule has 1 unspecified atom stereocenters. The van der Waals surface area contributed by atoms with Gasteiger partial charge < -0.3 is 30.2 Å². The van der Waals surface area contributed by atoms with Crippen molar-refractivity contribution in [2.24, 2.45) is 0 Å². The molecule has 0 fully saturated rings. The molecule has 3 amide bonds. The van der Waals surface area contributed by atoms with E-state index in [0.717, 1.165) is 22.3 Å². The van der Waals surface area contributed by atoms with Crippen molar-refractivity contribution in [1.82, 2.24) is 16.0 Å². The summed E-state index contributed by atoms with van der Waals surface area (Å²) in [5, 5.41) is 7.39. The number of nitrogens with one attached hydrogen (secondary N) is 3. The van der Waals surface area contributed by atoms with Gasteiger partial charge in [-0.25, -0.2) is 14.4 Å². The van der Waals surface area contributed by atoms with Gasteiger partial charge in [0.2, 0.25) is 5.91 Å². The lowest BCUT2D eigenvalue weighted by Crippen LogP contribution is -2.55. The highest BCUT2D eigenvalue weighted by Gasteiger charge is 2.31. The van der Waals surface area contributed by atoms with Crippen molar-refractivity contribution in [3.05, 3.63) is 59.7 Å². The molecule has 0 heterocycles. The van der Waals surface area contributed by atoms with Crippen molar-refractivity contribution in [1.29, 1.82) is 0 Å². The SMILES string of the molecule is COC(=O)C(C)NC(=O)[C@H](CNC(=O)OC(C)(C)C)NC(=O)OCC1c2ccccc2-c2ccccc21. The number of methoxy groups -OCH3 is 1. The number of ether oxygens (including phenoxy) is 3. The molecule has 0 spiro atoms. The van der Waals surface area contributed by atoms with Crippen LogP contribution in [0.4, 0.5) is 9.59 Å². The summed E-state index contributed by atoms with van der Waals surface area (Å²) in [6.45, 7) is 6.29. The van der Waals surface area contributed by atoms with Gasteiger partial charge in [-0.2, -0.15) is 0 Å². The molecule has 1 aliphatic carbocycles. The van der Waals surface area contributed by atoms with Crippen molar-refractivity contribution < 1.29 is 33.4 Å². The normalized spacial score (nSPS) is 13.9. The van der Waals surface area contributed by atoms with E-state index >= 15 is 0 Å². The molecule has 10 heteroatoms. The Hall–Kier alpha value is -4.08. The van der Waals surface area contributed by atoms with Gasteiger partial charge in [-0.3, -0.25) is 4.79 Å². The van der Waals surface area contributed by atoms with E-state index in [2.05, 4.69) is 20.7 Å². The molecule has 0 bridgehead atoms. The Morgan fingerprint density at radius 3 is 2.00 bits per heavy atom. The highest BCUT2D eigenvalue weighted by molar-refractivity contribution is 5.90. The van der Waals surface area contributed by atoms with Crippen LogP contribution >= 0.6 is 0 Å². The zero-order valence-electron chi connectivity index (χ0n) is 21.6. The second kappa shape index (κ2) is 11.8. The number of fused-ring (bicyclic) bond motifs is 3. The van der Waals surface area contributed by atoms with Gasteiger partial charge in [0.05, 0.1) is 13.7 Å². The molecular formula is C27H33N3O7. The molecule has 2 aromatic rings. The summed E-state index contributed by atoms with van der Waals surface area (Å²) in [7, 11) is 1.20. The molecule has 0 saturated heterocycles. The molecule has 0 radical (unpaired) electrons. The number of carbonyl (C=O) groups is 4. The lowest BCUT2D eigenvalue weighted by atomic mass is 9.98. The summed E-state index contributed by atoms with van der Waals surface area (Å²) in [5.74, 6) is -1.53. The van der Waals surface area contributed by atoms with Crippen LogP contribution in [0.25, 0.3) is 11.1 Å². The number of hydrogen-bond donors (Lipinski definition) is 3. The maximum Gasteiger partial charge on any atom is 0.407 e. The standard InChI is InChI=1S/C27H33N3O7/c1-16(24(32)35-5)29-23(31)22(14-28-25(33)37-27(2,3)4)30-26(34)36-15-21-19-12-8-6-10-17(19)18-11-7-9-13-20(18)21/h6-13,16,21-22H,14-15H2,1-5H3,(H,28,33)(H,29,31)(H,30,34)/t16?,22-/m0/s1. The number of carbonyl (C=O) groups excluding carboxylic acids is 4. The maximum absolute atomic E-state index is 12.8. The molecule has 2 aromatic carbocycles. The van der Waals surface area contributed by atoms with Gasteiger partial charge in [-0.05, 0) is 49.9 Å². The molecule has 37 heavy (non-hydrogen) atoms. The van der Waals surface area contributed by atoms with E-state index in [4.69, 9.17) is 9.47 Å². The van der Waals surface area contributed by atoms with E-state index in [0.29, 0.717) is 0 Å². The van der Waals surface area contributed by atoms with Crippen LogP contribution in [0, 0.1) is 0 Å². The van der Waals surface area contributed by atoms with Crippen LogP contribution in [0.3, 0.4) is 0 Å². The Kier molecular flexibility index (Phi) is 8.75. The molecule has 0 aliphatic heterocycles. The first kappa shape index (κ1) is 27.5. The minimum atomic E-state index is -1.24. The first-order valence-electron chi connectivity index (χ1n) is 12.0. The second-order valence-electron chi connectivity index (χ2n) is 9.66. The third-order valence-corrected chi connectivity index (χ3v) is 5.72. The third-order valence-electron chi connectivity index (χ3n) is 5.72. The molecule has 3 rings (SSSR count). The molecule has 1 aliphatic rings. The molecule has 3 N–H and O–H groups in total. The minimum absolute atomic E-state index is 0.0479. The van der Waals surface area contributed by atoms with Crippen LogP contribution in [0.1, 0.15) is 44.7 Å². The fraction of sp³-hybridized carbons (Fsp3) is 0.407. The average molecular weight is 512 g/mol. The van der Waals surface area contributed by atoms with Crippen LogP contribution in [-0.2, 0) is 23.8 Å². The molecule has 0 saturated carbocycles. The van der Waals surface area contributed by atoms with Crippen LogP contribution in [0.2, 0.25) is 0 Å². The average Bonchev–Trinajstić information content (AvgIpc) is 3.17. The van der Waals surface area contributed by atoms with E-state index in [-0.39, 0.29) is 19.1 Å². The lowest BCUT2D eigenvalue weighted by Gasteiger charge is -2.23. The van der Waals surface area contributed by atoms with Gasteiger partial charge in [0.25, 0.3) is 0 Å². The smallest absolute Gasteiger partial charge is 0.407 e. The number of esters is 1. The van der Waals surface area contributed by atoms with Crippen LogP contribution in [0.5, 0.6) is 0 Å². The Bertz CT molecular complexity index is 1110. The Balaban J connectivity index is 1.67. The van der Waals surface area contributed by atoms with E-state index < -0.39 is 41.7 Å². The predicted octanol–water partition coefficient (Wildman–Crippen LogP) is 3.10. The Morgan fingerprint density at radius 2 is 1.46 bits per heavy atom. The van der Waals surface area contributed by atoms with Crippen molar-refractivity contribution in [2.75, 3.05) is 20.3 Å². The van der Waals surface area contributed by atoms with Crippen LogP contribution in [-0.4, -0.2) is 62.0 Å². The quantitative estimate of drug-likeness (QED) is 0.367. The molecule has 2 atom stereocenters. The summed E-state index contributed by atoms with van der Waals surface area (Å²) in [6.07, 6.45) is -1.61. The van der Waals surface area contributed by atoms with E-state index in [1.165, 1.54) is 14.0 Å². The van der Waals surface area contributed by atoms with Crippen molar-refractivity contribution >= 4 is 24.1 Å². The summed E-state index contributed by atoms with van der Waals surface area (Å²) >= 11 is 0. The van der Waals surface area contributed by atoms with Gasteiger partial charge in [-0.15, -0.1) is 0 Å². The summed E-state index contributed by atoms with van der Waals surface area (Å²) in [5.41, 5.74) is 3.51.